The summed E-state index contributed by atoms with van der Waals surface area (Å²) < 4.78 is 5.14. The Bertz CT molecular complexity index is 560. The fourth-order valence-corrected chi connectivity index (χ4v) is 1.87. The number of hydrogen-bond acceptors (Lipinski definition) is 5. The molecular weight excluding hydrogens is 306 g/mol. The summed E-state index contributed by atoms with van der Waals surface area (Å²) in [7, 11) is 0. The molecule has 1 rings (SSSR count). The van der Waals surface area contributed by atoms with Crippen LogP contribution in [0.3, 0.4) is 0 Å². The third kappa shape index (κ3) is 9.71. The van der Waals surface area contributed by atoms with Gasteiger partial charge in [0, 0.05) is 30.9 Å². The molecule has 1 heterocycles. The zero-order valence-corrected chi connectivity index (χ0v) is 15.0. The number of carbonyl (C=O) groups excluding carboxylic acids is 2. The van der Waals surface area contributed by atoms with Crippen LogP contribution in [0.2, 0.25) is 0 Å². The first-order valence-corrected chi connectivity index (χ1v) is 8.23. The first-order chi connectivity index (χ1) is 11.3. The molecule has 0 unspecified atom stereocenters. The van der Waals surface area contributed by atoms with Crippen LogP contribution in [-0.4, -0.2) is 34.0 Å². The highest BCUT2D eigenvalue weighted by Gasteiger charge is 2.15. The Morgan fingerprint density at radius 1 is 1.17 bits per heavy atom. The molecule has 0 radical (unpaired) electrons. The summed E-state index contributed by atoms with van der Waals surface area (Å²) in [6, 6.07) is 0. The van der Waals surface area contributed by atoms with E-state index in [0.29, 0.717) is 18.8 Å². The average molecular weight is 333 g/mol. The van der Waals surface area contributed by atoms with Crippen LogP contribution in [-0.2, 0) is 9.53 Å². The van der Waals surface area contributed by atoms with Crippen LogP contribution in [0, 0.1) is 6.92 Å². The van der Waals surface area contributed by atoms with E-state index in [1.54, 1.807) is 24.5 Å². The maximum absolute atomic E-state index is 11.8. The van der Waals surface area contributed by atoms with Crippen LogP contribution in [0.25, 0.3) is 6.08 Å². The molecule has 0 saturated carbocycles. The van der Waals surface area contributed by atoms with Crippen molar-refractivity contribution in [2.24, 2.45) is 0 Å². The summed E-state index contributed by atoms with van der Waals surface area (Å²) >= 11 is 0. The van der Waals surface area contributed by atoms with Gasteiger partial charge in [-0.1, -0.05) is 6.42 Å². The van der Waals surface area contributed by atoms with Gasteiger partial charge < -0.3 is 10.1 Å². The van der Waals surface area contributed by atoms with Crippen LogP contribution in [0.4, 0.5) is 4.79 Å². The van der Waals surface area contributed by atoms with E-state index >= 15 is 0 Å². The molecular formula is C18H27N3O3. The monoisotopic (exact) mass is 333 g/mol. The number of allylic oxidation sites excluding steroid dienone is 1. The fourth-order valence-electron chi connectivity index (χ4n) is 1.87. The molecule has 0 bridgehead atoms. The highest BCUT2D eigenvalue weighted by molar-refractivity contribution is 5.93. The van der Waals surface area contributed by atoms with Crippen LogP contribution >= 0.6 is 0 Å². The van der Waals surface area contributed by atoms with E-state index in [0.717, 1.165) is 24.8 Å². The van der Waals surface area contributed by atoms with E-state index in [-0.39, 0.29) is 5.78 Å². The lowest BCUT2D eigenvalue weighted by molar-refractivity contribution is -0.114. The molecule has 0 aliphatic rings. The third-order valence-corrected chi connectivity index (χ3v) is 3.03. The lowest BCUT2D eigenvalue weighted by atomic mass is 10.1. The van der Waals surface area contributed by atoms with Crippen molar-refractivity contribution >= 4 is 18.0 Å². The molecule has 132 valence electrons. The van der Waals surface area contributed by atoms with Crippen molar-refractivity contribution in [2.45, 2.75) is 59.0 Å². The molecule has 1 aromatic heterocycles. The zero-order valence-electron chi connectivity index (χ0n) is 15.0. The maximum Gasteiger partial charge on any atom is 0.407 e. The Kier molecular flexibility index (Phi) is 8.09. The van der Waals surface area contributed by atoms with Crippen molar-refractivity contribution in [1.29, 1.82) is 0 Å². The van der Waals surface area contributed by atoms with E-state index in [1.165, 1.54) is 0 Å². The number of nitrogens with zero attached hydrogens (tertiary/aromatic N) is 2. The number of hydrogen-bond donors (Lipinski definition) is 1. The molecule has 0 saturated heterocycles. The minimum absolute atomic E-state index is 0.0793. The predicted molar refractivity (Wildman–Crippen MR) is 93.5 cm³/mol. The van der Waals surface area contributed by atoms with Gasteiger partial charge in [-0.15, -0.1) is 0 Å². The Morgan fingerprint density at radius 2 is 1.83 bits per heavy atom. The smallest absolute Gasteiger partial charge is 0.407 e. The van der Waals surface area contributed by atoms with Crippen LogP contribution in [0.15, 0.2) is 18.5 Å². The quantitative estimate of drug-likeness (QED) is 0.582. The lowest BCUT2D eigenvalue weighted by Gasteiger charge is -2.19. The predicted octanol–water partition coefficient (Wildman–Crippen LogP) is 3.45. The third-order valence-electron chi connectivity index (χ3n) is 3.03. The lowest BCUT2D eigenvalue weighted by Crippen LogP contribution is -2.32. The SMILES string of the molecule is Cc1ncc(/C=C\C(=O)CCCCCNC(=O)OC(C)(C)C)cn1. The number of unbranched alkanes of at least 4 members (excludes halogenated alkanes) is 2. The topological polar surface area (TPSA) is 81.2 Å². The molecule has 6 nitrogen and oxygen atoms in total. The molecule has 0 atom stereocenters. The number of ketones is 1. The molecule has 0 aromatic carbocycles. The summed E-state index contributed by atoms with van der Waals surface area (Å²) in [5, 5.41) is 2.70. The van der Waals surface area contributed by atoms with Gasteiger partial charge in [0.25, 0.3) is 0 Å². The first kappa shape index (κ1) is 19.8. The van der Waals surface area contributed by atoms with E-state index in [1.807, 2.05) is 27.7 Å². The first-order valence-electron chi connectivity index (χ1n) is 8.23. The summed E-state index contributed by atoms with van der Waals surface area (Å²) in [4.78, 5) is 31.3. The number of carbonyl (C=O) groups is 2. The molecule has 0 fully saturated rings. The van der Waals surface area contributed by atoms with E-state index < -0.39 is 11.7 Å². The van der Waals surface area contributed by atoms with Crippen molar-refractivity contribution in [2.75, 3.05) is 6.54 Å². The molecule has 24 heavy (non-hydrogen) atoms. The zero-order chi connectivity index (χ0) is 18.0. The second-order valence-corrected chi connectivity index (χ2v) is 6.60. The summed E-state index contributed by atoms with van der Waals surface area (Å²) in [6.07, 6.45) is 9.26. The molecule has 6 heteroatoms. The number of aromatic nitrogens is 2. The van der Waals surface area contributed by atoms with Gasteiger partial charge in [0.05, 0.1) is 0 Å². The number of amides is 1. The number of ether oxygens (including phenoxy) is 1. The number of alkyl carbamates (subject to hydrolysis) is 1. The normalized spacial score (nSPS) is 11.5. The van der Waals surface area contributed by atoms with Gasteiger partial charge >= 0.3 is 6.09 Å². The molecule has 0 aliphatic heterocycles. The second kappa shape index (κ2) is 9.80. The maximum atomic E-state index is 11.8. The van der Waals surface area contributed by atoms with Crippen LogP contribution < -0.4 is 5.32 Å². The summed E-state index contributed by atoms with van der Waals surface area (Å²) in [5.74, 6) is 0.786. The number of rotatable bonds is 8. The Labute approximate surface area is 143 Å². The number of aryl methyl sites for hydroxylation is 1. The minimum atomic E-state index is -0.481. The van der Waals surface area contributed by atoms with Gasteiger partial charge in [-0.05, 0) is 52.7 Å². The highest BCUT2D eigenvalue weighted by Crippen LogP contribution is 2.07. The van der Waals surface area contributed by atoms with Crippen molar-refractivity contribution in [1.82, 2.24) is 15.3 Å². The van der Waals surface area contributed by atoms with E-state index in [4.69, 9.17) is 4.74 Å². The van der Waals surface area contributed by atoms with Gasteiger partial charge in [-0.25, -0.2) is 14.8 Å². The van der Waals surface area contributed by atoms with Crippen molar-refractivity contribution < 1.29 is 14.3 Å². The molecule has 0 aliphatic carbocycles. The summed E-state index contributed by atoms with van der Waals surface area (Å²) in [5.41, 5.74) is 0.334. The van der Waals surface area contributed by atoms with E-state index in [2.05, 4.69) is 15.3 Å². The van der Waals surface area contributed by atoms with E-state index in [9.17, 15) is 9.59 Å². The van der Waals surface area contributed by atoms with Crippen LogP contribution in [0.1, 0.15) is 57.8 Å². The number of nitrogens with one attached hydrogen (secondary N) is 1. The van der Waals surface area contributed by atoms with Gasteiger partial charge in [0.1, 0.15) is 11.4 Å². The Morgan fingerprint density at radius 3 is 2.46 bits per heavy atom. The molecule has 1 amide bonds. The molecule has 1 aromatic rings. The van der Waals surface area contributed by atoms with Gasteiger partial charge in [-0.3, -0.25) is 4.79 Å². The average Bonchev–Trinajstić information content (AvgIpc) is 2.48. The second-order valence-electron chi connectivity index (χ2n) is 6.60. The summed E-state index contributed by atoms with van der Waals surface area (Å²) in [6.45, 7) is 7.85. The standard InChI is InChI=1S/C18H27N3O3/c1-14-20-12-15(13-21-14)9-10-16(22)8-6-5-7-11-19-17(23)24-18(2,3)4/h9-10,12-13H,5-8,11H2,1-4H3,(H,19,23)/b10-9-. The van der Waals surface area contributed by atoms with Crippen molar-refractivity contribution in [3.8, 4) is 0 Å². The van der Waals surface area contributed by atoms with Crippen molar-refractivity contribution in [3.63, 3.8) is 0 Å². The van der Waals surface area contributed by atoms with Crippen LogP contribution in [0.5, 0.6) is 0 Å². The minimum Gasteiger partial charge on any atom is -0.444 e. The molecule has 0 spiro atoms. The fraction of sp³-hybridized carbons (Fsp3) is 0.556. The van der Waals surface area contributed by atoms with Gasteiger partial charge in [-0.2, -0.15) is 0 Å². The van der Waals surface area contributed by atoms with Gasteiger partial charge in [0.2, 0.25) is 0 Å². The van der Waals surface area contributed by atoms with Gasteiger partial charge in [0.15, 0.2) is 5.78 Å². The largest absolute Gasteiger partial charge is 0.444 e. The Hall–Kier alpha value is -2.24. The van der Waals surface area contributed by atoms with Crippen molar-refractivity contribution in [3.05, 3.63) is 29.9 Å². The Balaban J connectivity index is 2.11. The highest BCUT2D eigenvalue weighted by atomic mass is 16.6. The molecule has 1 N–H and O–H groups in total.